The van der Waals surface area contributed by atoms with Crippen molar-refractivity contribution in [3.05, 3.63) is 65.4 Å². The first kappa shape index (κ1) is 20.0. The van der Waals surface area contributed by atoms with Crippen LogP contribution in [-0.2, 0) is 16.1 Å². The van der Waals surface area contributed by atoms with E-state index in [2.05, 4.69) is 5.32 Å². The molecule has 1 N–H and O–H groups in total. The quantitative estimate of drug-likeness (QED) is 0.676. The Kier molecular flexibility index (Phi) is 5.74. The van der Waals surface area contributed by atoms with Crippen molar-refractivity contribution in [3.63, 3.8) is 0 Å². The smallest absolute Gasteiger partial charge is 0.291 e. The molecule has 1 aromatic heterocycles. The number of benzene rings is 2. The number of amides is 2. The van der Waals surface area contributed by atoms with Gasteiger partial charge in [0, 0.05) is 29.5 Å². The fourth-order valence-corrected chi connectivity index (χ4v) is 4.56. The van der Waals surface area contributed by atoms with Crippen LogP contribution in [0.3, 0.4) is 0 Å². The topological polar surface area (TPSA) is 95.6 Å². The van der Waals surface area contributed by atoms with Crippen LogP contribution in [0.1, 0.15) is 21.7 Å². The summed E-state index contributed by atoms with van der Waals surface area (Å²) in [7, 11) is 1.57. The lowest BCUT2D eigenvalue weighted by Gasteiger charge is -2.22. The largest absolute Gasteiger partial charge is 0.451 e. The van der Waals surface area contributed by atoms with Crippen molar-refractivity contribution in [3.8, 4) is 6.07 Å². The van der Waals surface area contributed by atoms with Crippen LogP contribution in [-0.4, -0.2) is 41.5 Å². The van der Waals surface area contributed by atoms with Crippen molar-refractivity contribution < 1.29 is 18.7 Å². The Morgan fingerprint density at radius 1 is 1.27 bits per heavy atom. The van der Waals surface area contributed by atoms with E-state index < -0.39 is 6.04 Å². The average Bonchev–Trinajstić information content (AvgIpc) is 3.40. The molecule has 4 rings (SSSR count). The zero-order chi connectivity index (χ0) is 21.1. The molecule has 7 nitrogen and oxygen atoms in total. The van der Waals surface area contributed by atoms with E-state index in [9.17, 15) is 9.59 Å². The Bertz CT molecular complexity index is 1130. The SMILES string of the molecule is COCc1c(C(=O)N2CSCC2C(=O)Nc2ccc(C#N)cc2)oc2ccccc12. The van der Waals surface area contributed by atoms with Gasteiger partial charge >= 0.3 is 0 Å². The number of nitrogens with one attached hydrogen (secondary N) is 1. The second kappa shape index (κ2) is 8.61. The normalized spacial score (nSPS) is 15.9. The number of ether oxygens (including phenoxy) is 1. The Morgan fingerprint density at radius 2 is 2.03 bits per heavy atom. The molecule has 2 aromatic carbocycles. The molecule has 1 aliphatic rings. The van der Waals surface area contributed by atoms with Gasteiger partial charge in [0.1, 0.15) is 11.6 Å². The van der Waals surface area contributed by atoms with E-state index in [0.717, 1.165) is 5.39 Å². The van der Waals surface area contributed by atoms with Crippen molar-refractivity contribution in [1.29, 1.82) is 5.26 Å². The molecule has 8 heteroatoms. The van der Waals surface area contributed by atoms with Gasteiger partial charge < -0.3 is 19.4 Å². The van der Waals surface area contributed by atoms with E-state index in [0.29, 0.717) is 34.0 Å². The highest BCUT2D eigenvalue weighted by atomic mass is 32.2. The number of para-hydroxylation sites is 1. The molecule has 0 aliphatic carbocycles. The summed E-state index contributed by atoms with van der Waals surface area (Å²) in [5.41, 5.74) is 2.38. The number of anilines is 1. The summed E-state index contributed by atoms with van der Waals surface area (Å²) >= 11 is 1.51. The van der Waals surface area contributed by atoms with Crippen molar-refractivity contribution >= 4 is 40.2 Å². The van der Waals surface area contributed by atoms with Crippen LogP contribution in [0.15, 0.2) is 52.9 Å². The van der Waals surface area contributed by atoms with Crippen LogP contribution in [0.4, 0.5) is 5.69 Å². The van der Waals surface area contributed by atoms with Crippen LogP contribution in [0.2, 0.25) is 0 Å². The predicted molar refractivity (Wildman–Crippen MR) is 114 cm³/mol. The zero-order valence-electron chi connectivity index (χ0n) is 16.3. The van der Waals surface area contributed by atoms with Gasteiger partial charge in [0.2, 0.25) is 5.91 Å². The summed E-state index contributed by atoms with van der Waals surface area (Å²) in [5, 5.41) is 12.6. The summed E-state index contributed by atoms with van der Waals surface area (Å²) in [6, 6.07) is 15.4. The van der Waals surface area contributed by atoms with E-state index in [4.69, 9.17) is 14.4 Å². The molecule has 1 fully saturated rings. The third-order valence-electron chi connectivity index (χ3n) is 4.91. The number of carbonyl (C=O) groups excluding carboxylic acids is 2. The first-order valence-electron chi connectivity index (χ1n) is 9.31. The molecule has 0 radical (unpaired) electrons. The number of rotatable bonds is 5. The summed E-state index contributed by atoms with van der Waals surface area (Å²) in [4.78, 5) is 27.7. The number of nitrogens with zero attached hydrogens (tertiary/aromatic N) is 2. The van der Waals surface area contributed by atoms with Crippen LogP contribution >= 0.6 is 11.8 Å². The van der Waals surface area contributed by atoms with Gasteiger partial charge in [-0.3, -0.25) is 9.59 Å². The molecular formula is C22H19N3O4S. The molecule has 1 atom stereocenters. The number of carbonyl (C=O) groups is 2. The van der Waals surface area contributed by atoms with E-state index in [1.807, 2.05) is 24.3 Å². The molecular weight excluding hydrogens is 402 g/mol. The average molecular weight is 421 g/mol. The first-order valence-corrected chi connectivity index (χ1v) is 10.5. The predicted octanol–water partition coefficient (Wildman–Crippen LogP) is 3.60. The van der Waals surface area contributed by atoms with E-state index in [1.54, 1.807) is 37.4 Å². The molecule has 0 saturated carbocycles. The molecule has 0 spiro atoms. The minimum atomic E-state index is -0.623. The summed E-state index contributed by atoms with van der Waals surface area (Å²) < 4.78 is 11.1. The molecule has 1 saturated heterocycles. The van der Waals surface area contributed by atoms with Gasteiger partial charge in [0.25, 0.3) is 5.91 Å². The second-order valence-corrected chi connectivity index (χ2v) is 7.81. The third-order valence-corrected chi connectivity index (χ3v) is 5.92. The Labute approximate surface area is 177 Å². The van der Waals surface area contributed by atoms with Gasteiger partial charge in [-0.25, -0.2) is 0 Å². The van der Waals surface area contributed by atoms with Crippen LogP contribution < -0.4 is 5.32 Å². The van der Waals surface area contributed by atoms with Gasteiger partial charge in [-0.2, -0.15) is 5.26 Å². The molecule has 30 heavy (non-hydrogen) atoms. The monoisotopic (exact) mass is 421 g/mol. The van der Waals surface area contributed by atoms with Crippen molar-refractivity contribution in [1.82, 2.24) is 4.90 Å². The van der Waals surface area contributed by atoms with E-state index in [-0.39, 0.29) is 24.2 Å². The van der Waals surface area contributed by atoms with Crippen molar-refractivity contribution in [2.75, 3.05) is 24.1 Å². The van der Waals surface area contributed by atoms with Crippen LogP contribution in [0, 0.1) is 11.3 Å². The Hall–Kier alpha value is -3.28. The molecule has 2 amide bonds. The van der Waals surface area contributed by atoms with Crippen molar-refractivity contribution in [2.45, 2.75) is 12.6 Å². The van der Waals surface area contributed by atoms with Crippen molar-refractivity contribution in [2.24, 2.45) is 0 Å². The molecule has 152 valence electrons. The summed E-state index contributed by atoms with van der Waals surface area (Å²) in [6.45, 7) is 0.237. The number of hydrogen-bond acceptors (Lipinski definition) is 6. The fourth-order valence-electron chi connectivity index (χ4n) is 3.40. The second-order valence-electron chi connectivity index (χ2n) is 6.81. The van der Waals surface area contributed by atoms with Gasteiger partial charge in [-0.15, -0.1) is 11.8 Å². The maximum Gasteiger partial charge on any atom is 0.291 e. The van der Waals surface area contributed by atoms with Crippen LogP contribution in [0.25, 0.3) is 11.0 Å². The molecule has 2 heterocycles. The Balaban J connectivity index is 1.58. The lowest BCUT2D eigenvalue weighted by molar-refractivity contribution is -0.119. The number of hydrogen-bond donors (Lipinski definition) is 1. The minimum absolute atomic E-state index is 0.205. The molecule has 0 bridgehead atoms. The van der Waals surface area contributed by atoms with Gasteiger partial charge in [-0.05, 0) is 30.3 Å². The highest BCUT2D eigenvalue weighted by molar-refractivity contribution is 7.99. The third kappa shape index (κ3) is 3.77. The van der Waals surface area contributed by atoms with Gasteiger partial charge in [0.15, 0.2) is 5.76 Å². The highest BCUT2D eigenvalue weighted by Crippen LogP contribution is 2.31. The lowest BCUT2D eigenvalue weighted by Crippen LogP contribution is -2.44. The maximum absolute atomic E-state index is 13.3. The lowest BCUT2D eigenvalue weighted by atomic mass is 10.1. The molecule has 3 aromatic rings. The first-order chi connectivity index (χ1) is 14.6. The van der Waals surface area contributed by atoms with Gasteiger partial charge in [0.05, 0.1) is 24.1 Å². The minimum Gasteiger partial charge on any atom is -0.451 e. The molecule has 1 aliphatic heterocycles. The van der Waals surface area contributed by atoms with Crippen LogP contribution in [0.5, 0.6) is 0 Å². The number of methoxy groups -OCH3 is 1. The zero-order valence-corrected chi connectivity index (χ0v) is 17.1. The summed E-state index contributed by atoms with van der Waals surface area (Å²) in [6.07, 6.45) is 0. The number of nitriles is 1. The summed E-state index contributed by atoms with van der Waals surface area (Å²) in [5.74, 6) is 0.490. The number of thioether (sulfide) groups is 1. The standard InChI is InChI=1S/C22H19N3O4S/c1-28-11-17-16-4-2-3-5-19(16)29-20(17)22(27)25-13-30-12-18(25)21(26)24-15-8-6-14(10-23)7-9-15/h2-9,18H,11-13H2,1H3,(H,24,26). The van der Waals surface area contributed by atoms with E-state index in [1.165, 1.54) is 16.7 Å². The van der Waals surface area contributed by atoms with E-state index >= 15 is 0 Å². The highest BCUT2D eigenvalue weighted by Gasteiger charge is 2.37. The van der Waals surface area contributed by atoms with Gasteiger partial charge in [-0.1, -0.05) is 18.2 Å². The number of fused-ring (bicyclic) bond motifs is 1. The number of furan rings is 1. The maximum atomic E-state index is 13.3. The fraction of sp³-hybridized carbons (Fsp3) is 0.227. The molecule has 1 unspecified atom stereocenters. The Morgan fingerprint density at radius 3 is 2.77 bits per heavy atom.